The highest BCUT2D eigenvalue weighted by Gasteiger charge is 2.42. The SMILES string of the molecule is COc1ccc(S(=O)(=O)N2Cc3ccccc3N(C(=O)c3c(F)cccc3Cl)CC2C(=O)O)cc1. The van der Waals surface area contributed by atoms with Crippen LogP contribution in [0.4, 0.5) is 10.1 Å². The lowest BCUT2D eigenvalue weighted by molar-refractivity contribution is -0.141. The van der Waals surface area contributed by atoms with Crippen molar-refractivity contribution in [3.63, 3.8) is 0 Å². The van der Waals surface area contributed by atoms with Crippen molar-refractivity contribution in [1.82, 2.24) is 4.31 Å². The van der Waals surface area contributed by atoms with Crippen LogP contribution in [0.15, 0.2) is 71.6 Å². The molecule has 0 saturated carbocycles. The number of carbonyl (C=O) groups excluding carboxylic acids is 1. The minimum absolute atomic E-state index is 0.140. The molecule has 8 nitrogen and oxygen atoms in total. The summed E-state index contributed by atoms with van der Waals surface area (Å²) >= 11 is 6.10. The fourth-order valence-corrected chi connectivity index (χ4v) is 5.71. The van der Waals surface area contributed by atoms with Crippen LogP contribution in [0.5, 0.6) is 5.75 Å². The molecule has 0 radical (unpaired) electrons. The highest BCUT2D eigenvalue weighted by Crippen LogP contribution is 2.33. The molecule has 0 bridgehead atoms. The Bertz CT molecular complexity index is 1380. The second-order valence-corrected chi connectivity index (χ2v) is 10.0. The number of aliphatic carboxylic acids is 1. The van der Waals surface area contributed by atoms with Crippen LogP contribution in [0.2, 0.25) is 5.02 Å². The molecule has 0 saturated heterocycles. The van der Waals surface area contributed by atoms with Gasteiger partial charge in [0.25, 0.3) is 5.91 Å². The molecule has 3 aromatic rings. The number of methoxy groups -OCH3 is 1. The van der Waals surface area contributed by atoms with Gasteiger partial charge in [0.15, 0.2) is 0 Å². The third kappa shape index (κ3) is 4.60. The summed E-state index contributed by atoms with van der Waals surface area (Å²) in [4.78, 5) is 26.7. The van der Waals surface area contributed by atoms with Crippen molar-refractivity contribution in [3.8, 4) is 5.75 Å². The second-order valence-electron chi connectivity index (χ2n) is 7.72. The number of amides is 1. The smallest absolute Gasteiger partial charge is 0.323 e. The molecule has 1 heterocycles. The van der Waals surface area contributed by atoms with Gasteiger partial charge in [-0.1, -0.05) is 35.9 Å². The number of carboxylic acid groups (broad SMARTS) is 1. The zero-order chi connectivity index (χ0) is 25.3. The maximum absolute atomic E-state index is 14.6. The number of rotatable bonds is 5. The molecule has 1 N–H and O–H groups in total. The van der Waals surface area contributed by atoms with Crippen LogP contribution < -0.4 is 9.64 Å². The predicted octanol–water partition coefficient (Wildman–Crippen LogP) is 3.79. The Morgan fingerprint density at radius 2 is 1.74 bits per heavy atom. The summed E-state index contributed by atoms with van der Waals surface area (Å²) in [5, 5.41) is 9.87. The van der Waals surface area contributed by atoms with E-state index < -0.39 is 45.9 Å². The molecule has 1 amide bonds. The lowest BCUT2D eigenvalue weighted by atomic mass is 10.1. The number of anilines is 1. The van der Waals surface area contributed by atoms with E-state index in [1.54, 1.807) is 24.3 Å². The van der Waals surface area contributed by atoms with Gasteiger partial charge in [-0.2, -0.15) is 4.31 Å². The maximum Gasteiger partial charge on any atom is 0.323 e. The number of ether oxygens (including phenoxy) is 1. The Hall–Kier alpha value is -3.47. The molecule has 0 fully saturated rings. The number of fused-ring (bicyclic) bond motifs is 1. The Morgan fingerprint density at radius 3 is 2.37 bits per heavy atom. The number of halogens is 2. The summed E-state index contributed by atoms with van der Waals surface area (Å²) in [6, 6.07) is 14.0. The molecule has 0 aromatic heterocycles. The van der Waals surface area contributed by atoms with Crippen molar-refractivity contribution >= 4 is 39.2 Å². The highest BCUT2D eigenvalue weighted by molar-refractivity contribution is 7.89. The fraction of sp³-hybridized carbons (Fsp3) is 0.167. The van der Waals surface area contributed by atoms with Gasteiger partial charge >= 0.3 is 5.97 Å². The molecule has 0 aliphatic carbocycles. The second kappa shape index (κ2) is 9.65. The summed E-state index contributed by atoms with van der Waals surface area (Å²) in [5.41, 5.74) is 0.198. The van der Waals surface area contributed by atoms with Crippen LogP contribution >= 0.6 is 11.6 Å². The van der Waals surface area contributed by atoms with Crippen molar-refractivity contribution < 1.29 is 32.2 Å². The molecule has 1 aliphatic heterocycles. The van der Waals surface area contributed by atoms with E-state index in [2.05, 4.69) is 0 Å². The Morgan fingerprint density at radius 1 is 1.06 bits per heavy atom. The highest BCUT2D eigenvalue weighted by atomic mass is 35.5. The third-order valence-electron chi connectivity index (χ3n) is 5.68. The lowest BCUT2D eigenvalue weighted by Gasteiger charge is -2.28. The summed E-state index contributed by atoms with van der Waals surface area (Å²) in [5.74, 6) is -2.79. The summed E-state index contributed by atoms with van der Waals surface area (Å²) in [7, 11) is -2.88. The van der Waals surface area contributed by atoms with Gasteiger partial charge in [-0.15, -0.1) is 0 Å². The maximum atomic E-state index is 14.6. The lowest BCUT2D eigenvalue weighted by Crippen LogP contribution is -2.50. The molecule has 182 valence electrons. The third-order valence-corrected chi connectivity index (χ3v) is 7.87. The minimum Gasteiger partial charge on any atom is -0.497 e. The van der Waals surface area contributed by atoms with Crippen LogP contribution in [-0.2, 0) is 21.4 Å². The van der Waals surface area contributed by atoms with E-state index in [-0.39, 0.29) is 22.2 Å². The van der Waals surface area contributed by atoms with Gasteiger partial charge in [-0.3, -0.25) is 9.59 Å². The fourth-order valence-electron chi connectivity index (χ4n) is 3.91. The molecular weight excluding hydrogens is 499 g/mol. The number of carbonyl (C=O) groups is 2. The summed E-state index contributed by atoms with van der Waals surface area (Å²) < 4.78 is 47.6. The van der Waals surface area contributed by atoms with Gasteiger partial charge in [-0.05, 0) is 48.0 Å². The van der Waals surface area contributed by atoms with E-state index in [4.69, 9.17) is 16.3 Å². The molecule has 1 unspecified atom stereocenters. The first kappa shape index (κ1) is 24.6. The zero-order valence-corrected chi connectivity index (χ0v) is 20.0. The average molecular weight is 519 g/mol. The number of para-hydroxylation sites is 1. The first-order valence-electron chi connectivity index (χ1n) is 10.4. The van der Waals surface area contributed by atoms with Crippen molar-refractivity contribution in [1.29, 1.82) is 0 Å². The van der Waals surface area contributed by atoms with Crippen molar-refractivity contribution in [3.05, 3.63) is 88.7 Å². The number of nitrogens with zero attached hydrogens (tertiary/aromatic N) is 2. The number of carboxylic acids is 1. The average Bonchev–Trinajstić information content (AvgIpc) is 3.02. The predicted molar refractivity (Wildman–Crippen MR) is 127 cm³/mol. The van der Waals surface area contributed by atoms with Crippen molar-refractivity contribution in [2.75, 3.05) is 18.6 Å². The molecular formula is C24H20ClFN2O6S. The van der Waals surface area contributed by atoms with Gasteiger partial charge in [0.1, 0.15) is 17.6 Å². The Labute approximate surface area is 206 Å². The summed E-state index contributed by atoms with van der Waals surface area (Å²) in [6.45, 7) is -0.887. The Balaban J connectivity index is 1.84. The van der Waals surface area contributed by atoms with E-state index in [0.717, 1.165) is 15.3 Å². The monoisotopic (exact) mass is 518 g/mol. The molecule has 11 heteroatoms. The van der Waals surface area contributed by atoms with Gasteiger partial charge < -0.3 is 14.7 Å². The zero-order valence-electron chi connectivity index (χ0n) is 18.4. The quantitative estimate of drug-likeness (QED) is 0.551. The molecule has 4 rings (SSSR count). The summed E-state index contributed by atoms with van der Waals surface area (Å²) in [6.07, 6.45) is 0. The number of hydrogen-bond acceptors (Lipinski definition) is 5. The molecule has 35 heavy (non-hydrogen) atoms. The first-order chi connectivity index (χ1) is 16.6. The van der Waals surface area contributed by atoms with Crippen LogP contribution in [0, 0.1) is 5.82 Å². The molecule has 3 aromatic carbocycles. The normalized spacial score (nSPS) is 16.3. The first-order valence-corrected chi connectivity index (χ1v) is 12.2. The minimum atomic E-state index is -4.32. The van der Waals surface area contributed by atoms with E-state index in [9.17, 15) is 27.5 Å². The topological polar surface area (TPSA) is 104 Å². The van der Waals surface area contributed by atoms with Gasteiger partial charge in [-0.25, -0.2) is 12.8 Å². The number of hydrogen-bond donors (Lipinski definition) is 1. The standard InChI is InChI=1S/C24H20ClFN2O6S/c1-34-16-9-11-17(12-10-16)35(32,33)28-13-15-5-2-3-8-20(15)27(14-21(28)24(30)31)23(29)22-18(25)6-4-7-19(22)26/h2-12,21H,13-14H2,1H3,(H,30,31). The molecule has 1 atom stereocenters. The van der Waals surface area contributed by atoms with Gasteiger partial charge in [0.2, 0.25) is 10.0 Å². The van der Waals surface area contributed by atoms with E-state index >= 15 is 0 Å². The van der Waals surface area contributed by atoms with Crippen LogP contribution in [0.3, 0.4) is 0 Å². The van der Waals surface area contributed by atoms with Gasteiger partial charge in [0, 0.05) is 12.2 Å². The van der Waals surface area contributed by atoms with Gasteiger partial charge in [0.05, 0.1) is 29.1 Å². The van der Waals surface area contributed by atoms with Crippen LogP contribution in [-0.4, -0.2) is 49.4 Å². The van der Waals surface area contributed by atoms with Crippen LogP contribution in [0.1, 0.15) is 15.9 Å². The molecule has 1 aliphatic rings. The van der Waals surface area contributed by atoms with E-state index in [1.165, 1.54) is 43.5 Å². The van der Waals surface area contributed by atoms with Crippen molar-refractivity contribution in [2.45, 2.75) is 17.5 Å². The Kier molecular flexibility index (Phi) is 6.79. The molecule has 0 spiro atoms. The van der Waals surface area contributed by atoms with E-state index in [0.29, 0.717) is 11.3 Å². The van der Waals surface area contributed by atoms with Crippen molar-refractivity contribution in [2.24, 2.45) is 0 Å². The number of benzene rings is 3. The van der Waals surface area contributed by atoms with E-state index in [1.807, 2.05) is 0 Å². The number of sulfonamides is 1. The largest absolute Gasteiger partial charge is 0.497 e. The van der Waals surface area contributed by atoms with Crippen LogP contribution in [0.25, 0.3) is 0 Å².